The van der Waals surface area contributed by atoms with E-state index in [0.717, 1.165) is 51.6 Å². The van der Waals surface area contributed by atoms with Gasteiger partial charge in [0.15, 0.2) is 0 Å². The van der Waals surface area contributed by atoms with E-state index in [9.17, 15) is 4.79 Å². The number of hydrogen-bond acceptors (Lipinski definition) is 2. The molecule has 0 bridgehead atoms. The van der Waals surface area contributed by atoms with Gasteiger partial charge in [-0.15, -0.1) is 6.58 Å². The van der Waals surface area contributed by atoms with Crippen LogP contribution in [0, 0.1) is 5.92 Å². The zero-order chi connectivity index (χ0) is 13.0. The molecule has 1 saturated carbocycles. The lowest BCUT2D eigenvalue weighted by atomic mass is 10.0. The fourth-order valence-corrected chi connectivity index (χ4v) is 2.71. The number of nitrogens with one attached hydrogen (secondary N) is 1. The highest BCUT2D eigenvalue weighted by molar-refractivity contribution is 5.81. The zero-order valence-electron chi connectivity index (χ0n) is 11.5. The molecule has 1 N–H and O–H groups in total. The third-order valence-electron chi connectivity index (χ3n) is 4.06. The van der Waals surface area contributed by atoms with Gasteiger partial charge in [0.05, 0.1) is 0 Å². The molecule has 1 amide bonds. The molecule has 18 heavy (non-hydrogen) atoms. The predicted octanol–water partition coefficient (Wildman–Crippen LogP) is 2.33. The van der Waals surface area contributed by atoms with Crippen molar-refractivity contribution < 1.29 is 4.79 Å². The molecule has 1 heterocycles. The first-order valence-corrected chi connectivity index (χ1v) is 7.36. The second-order valence-electron chi connectivity index (χ2n) is 5.81. The first kappa shape index (κ1) is 13.6. The van der Waals surface area contributed by atoms with Crippen molar-refractivity contribution in [2.75, 3.05) is 13.1 Å². The van der Waals surface area contributed by atoms with Crippen LogP contribution in [0.3, 0.4) is 0 Å². The lowest BCUT2D eigenvalue weighted by Gasteiger charge is -2.34. The summed E-state index contributed by atoms with van der Waals surface area (Å²) in [5.74, 6) is 0.786. The minimum absolute atomic E-state index is 0.376. The minimum atomic E-state index is 0.376. The average molecular weight is 250 g/mol. The maximum atomic E-state index is 11.9. The van der Waals surface area contributed by atoms with Crippen LogP contribution in [0.4, 0.5) is 0 Å². The smallest absolute Gasteiger partial charge is 0.225 e. The molecule has 1 aliphatic heterocycles. The summed E-state index contributed by atoms with van der Waals surface area (Å²) < 4.78 is 0. The van der Waals surface area contributed by atoms with Crippen molar-refractivity contribution in [3.8, 4) is 0 Å². The van der Waals surface area contributed by atoms with Crippen LogP contribution in [-0.4, -0.2) is 36.0 Å². The van der Waals surface area contributed by atoms with E-state index in [2.05, 4.69) is 23.7 Å². The second-order valence-corrected chi connectivity index (χ2v) is 5.81. The largest absolute Gasteiger partial charge is 0.342 e. The molecular formula is C15H26N2O. The van der Waals surface area contributed by atoms with Gasteiger partial charge in [-0.25, -0.2) is 0 Å². The summed E-state index contributed by atoms with van der Waals surface area (Å²) in [6.45, 7) is 7.89. The number of carbonyl (C=O) groups excluding carboxylic acids is 1. The molecule has 2 aliphatic rings. The van der Waals surface area contributed by atoms with E-state index < -0.39 is 0 Å². The second kappa shape index (κ2) is 6.37. The van der Waals surface area contributed by atoms with Crippen LogP contribution in [0.2, 0.25) is 0 Å². The van der Waals surface area contributed by atoms with Crippen LogP contribution in [0.1, 0.15) is 45.4 Å². The van der Waals surface area contributed by atoms with Gasteiger partial charge in [0, 0.05) is 31.1 Å². The highest BCUT2D eigenvalue weighted by atomic mass is 16.2. The van der Waals surface area contributed by atoms with Gasteiger partial charge in [-0.05, 0) is 45.4 Å². The van der Waals surface area contributed by atoms with Crippen molar-refractivity contribution in [2.45, 2.75) is 57.5 Å². The van der Waals surface area contributed by atoms with Crippen molar-refractivity contribution in [1.82, 2.24) is 10.2 Å². The monoisotopic (exact) mass is 250 g/mol. The van der Waals surface area contributed by atoms with E-state index in [1.54, 1.807) is 0 Å². The lowest BCUT2D eigenvalue weighted by molar-refractivity contribution is -0.133. The molecule has 2 fully saturated rings. The van der Waals surface area contributed by atoms with E-state index in [1.807, 2.05) is 6.08 Å². The summed E-state index contributed by atoms with van der Waals surface area (Å²) in [6, 6.07) is 1.15. The number of hydrogen-bond donors (Lipinski definition) is 1. The number of piperidine rings is 1. The molecule has 2 rings (SSSR count). The van der Waals surface area contributed by atoms with E-state index >= 15 is 0 Å². The van der Waals surface area contributed by atoms with E-state index in [4.69, 9.17) is 0 Å². The van der Waals surface area contributed by atoms with Crippen LogP contribution in [0.5, 0.6) is 0 Å². The van der Waals surface area contributed by atoms with Gasteiger partial charge in [0.2, 0.25) is 5.91 Å². The molecule has 102 valence electrons. The Balaban J connectivity index is 1.66. The van der Waals surface area contributed by atoms with Crippen LogP contribution in [-0.2, 0) is 4.79 Å². The third-order valence-corrected chi connectivity index (χ3v) is 4.06. The molecule has 1 atom stereocenters. The molecule has 0 aromatic rings. The number of carbonyl (C=O) groups is 1. The number of rotatable bonds is 6. The van der Waals surface area contributed by atoms with Gasteiger partial charge in [-0.3, -0.25) is 4.79 Å². The van der Waals surface area contributed by atoms with Crippen LogP contribution in [0.15, 0.2) is 12.7 Å². The highest BCUT2D eigenvalue weighted by Gasteiger charge is 2.34. The number of likely N-dealkylation sites (tertiary alicyclic amines) is 1. The standard InChI is InChI=1S/C15H26N2O/c1-3-4-5-12(2)16-14-8-10-17(11-9-14)15(18)13-6-7-13/h3,12-14,16H,1,4-11H2,2H3. The molecule has 0 radical (unpaired) electrons. The zero-order valence-corrected chi connectivity index (χ0v) is 11.5. The normalized spacial score (nSPS) is 22.8. The fraction of sp³-hybridized carbons (Fsp3) is 0.800. The van der Waals surface area contributed by atoms with Gasteiger partial charge in [0.1, 0.15) is 0 Å². The Labute approximate surface area is 111 Å². The SMILES string of the molecule is C=CCCC(C)NC1CCN(C(=O)C2CC2)CC1. The molecular weight excluding hydrogens is 224 g/mol. The minimum Gasteiger partial charge on any atom is -0.342 e. The Hall–Kier alpha value is -0.830. The first-order chi connectivity index (χ1) is 8.70. The number of nitrogens with zero attached hydrogens (tertiary/aromatic N) is 1. The predicted molar refractivity (Wildman–Crippen MR) is 74.4 cm³/mol. The molecule has 3 heteroatoms. The summed E-state index contributed by atoms with van der Waals surface area (Å²) in [7, 11) is 0. The van der Waals surface area contributed by atoms with Crippen LogP contribution >= 0.6 is 0 Å². The maximum Gasteiger partial charge on any atom is 0.225 e. The number of allylic oxidation sites excluding steroid dienone is 1. The Morgan fingerprint density at radius 1 is 1.39 bits per heavy atom. The van der Waals surface area contributed by atoms with Gasteiger partial charge >= 0.3 is 0 Å². The van der Waals surface area contributed by atoms with E-state index in [1.165, 1.54) is 0 Å². The van der Waals surface area contributed by atoms with E-state index in [0.29, 0.717) is 23.9 Å². The highest BCUT2D eigenvalue weighted by Crippen LogP contribution is 2.31. The summed E-state index contributed by atoms with van der Waals surface area (Å²) in [6.07, 6.45) is 8.67. The molecule has 3 nitrogen and oxygen atoms in total. The quantitative estimate of drug-likeness (QED) is 0.734. The van der Waals surface area contributed by atoms with Gasteiger partial charge in [-0.1, -0.05) is 6.08 Å². The Bertz CT molecular complexity index is 291. The van der Waals surface area contributed by atoms with Crippen molar-refractivity contribution in [3.63, 3.8) is 0 Å². The van der Waals surface area contributed by atoms with Crippen molar-refractivity contribution in [3.05, 3.63) is 12.7 Å². The summed E-state index contributed by atoms with van der Waals surface area (Å²) in [4.78, 5) is 14.0. The molecule has 1 aliphatic carbocycles. The van der Waals surface area contributed by atoms with Gasteiger partial charge < -0.3 is 10.2 Å². The van der Waals surface area contributed by atoms with Crippen molar-refractivity contribution >= 4 is 5.91 Å². The van der Waals surface area contributed by atoms with Crippen molar-refractivity contribution in [2.24, 2.45) is 5.92 Å². The average Bonchev–Trinajstić information content (AvgIpc) is 3.21. The topological polar surface area (TPSA) is 32.3 Å². The molecule has 0 spiro atoms. The number of amides is 1. The van der Waals surface area contributed by atoms with Gasteiger partial charge in [-0.2, -0.15) is 0 Å². The summed E-state index contributed by atoms with van der Waals surface area (Å²) in [5, 5.41) is 3.67. The van der Waals surface area contributed by atoms with E-state index in [-0.39, 0.29) is 0 Å². The molecule has 1 saturated heterocycles. The molecule has 1 unspecified atom stereocenters. The lowest BCUT2D eigenvalue weighted by Crippen LogP contribution is -2.47. The molecule has 0 aromatic heterocycles. The summed E-state index contributed by atoms with van der Waals surface area (Å²) in [5.41, 5.74) is 0. The third kappa shape index (κ3) is 3.84. The fourth-order valence-electron chi connectivity index (χ4n) is 2.71. The molecule has 0 aromatic carbocycles. The van der Waals surface area contributed by atoms with Crippen LogP contribution < -0.4 is 5.32 Å². The van der Waals surface area contributed by atoms with Crippen molar-refractivity contribution in [1.29, 1.82) is 0 Å². The summed E-state index contributed by atoms with van der Waals surface area (Å²) >= 11 is 0. The van der Waals surface area contributed by atoms with Crippen LogP contribution in [0.25, 0.3) is 0 Å². The maximum absolute atomic E-state index is 11.9. The Morgan fingerprint density at radius 2 is 2.06 bits per heavy atom. The Kier molecular flexibility index (Phi) is 4.81. The first-order valence-electron chi connectivity index (χ1n) is 7.36. The van der Waals surface area contributed by atoms with Gasteiger partial charge in [0.25, 0.3) is 0 Å². The Morgan fingerprint density at radius 3 is 2.61 bits per heavy atom.